The van der Waals surface area contributed by atoms with Crippen LogP contribution in [-0.2, 0) is 0 Å². The zero-order chi connectivity index (χ0) is 12.5. The monoisotopic (exact) mass is 243 g/mol. The molecule has 0 bridgehead atoms. The average Bonchev–Trinajstić information content (AvgIpc) is 2.35. The standard InChI is InChI=1S/C13H29N3O/c1-3-5-8-15(4-2)11-13(17)12-16-9-6-14-7-10-16/h13-14,17H,3-12H2,1-2H3/t13-/m1/s1. The maximum atomic E-state index is 10.1. The van der Waals surface area contributed by atoms with Crippen LogP contribution in [0.1, 0.15) is 26.7 Å². The molecule has 0 spiro atoms. The molecular formula is C13H29N3O. The molecule has 1 heterocycles. The quantitative estimate of drug-likeness (QED) is 0.646. The number of unbranched alkanes of at least 4 members (excludes halogenated alkanes) is 1. The van der Waals surface area contributed by atoms with E-state index in [0.717, 1.165) is 52.4 Å². The Morgan fingerprint density at radius 1 is 1.29 bits per heavy atom. The molecule has 0 saturated carbocycles. The number of nitrogens with zero attached hydrogens (tertiary/aromatic N) is 2. The first-order chi connectivity index (χ1) is 8.26. The molecule has 4 heteroatoms. The van der Waals surface area contributed by atoms with Gasteiger partial charge in [-0.05, 0) is 19.5 Å². The largest absolute Gasteiger partial charge is 0.390 e. The fourth-order valence-electron chi connectivity index (χ4n) is 2.31. The summed E-state index contributed by atoms with van der Waals surface area (Å²) < 4.78 is 0. The molecule has 1 saturated heterocycles. The van der Waals surface area contributed by atoms with Gasteiger partial charge in [0.05, 0.1) is 6.10 Å². The Kier molecular flexibility index (Phi) is 7.77. The minimum atomic E-state index is -0.204. The number of β-amino-alcohol motifs (C(OH)–C–C–N with tert-alkyl or cyclic N) is 1. The summed E-state index contributed by atoms with van der Waals surface area (Å²) in [5, 5.41) is 13.4. The van der Waals surface area contributed by atoms with Gasteiger partial charge in [-0.15, -0.1) is 0 Å². The molecule has 17 heavy (non-hydrogen) atoms. The molecule has 1 fully saturated rings. The summed E-state index contributed by atoms with van der Waals surface area (Å²) in [4.78, 5) is 4.71. The van der Waals surface area contributed by atoms with Crippen molar-refractivity contribution < 1.29 is 5.11 Å². The van der Waals surface area contributed by atoms with Crippen LogP contribution in [0.5, 0.6) is 0 Å². The van der Waals surface area contributed by atoms with Gasteiger partial charge >= 0.3 is 0 Å². The highest BCUT2D eigenvalue weighted by Gasteiger charge is 2.16. The molecule has 102 valence electrons. The molecule has 4 nitrogen and oxygen atoms in total. The fraction of sp³-hybridized carbons (Fsp3) is 1.00. The summed E-state index contributed by atoms with van der Waals surface area (Å²) in [6.45, 7) is 12.4. The summed E-state index contributed by atoms with van der Waals surface area (Å²) in [5.41, 5.74) is 0. The van der Waals surface area contributed by atoms with Crippen molar-refractivity contribution in [2.75, 3.05) is 52.4 Å². The van der Waals surface area contributed by atoms with Gasteiger partial charge in [-0.3, -0.25) is 4.90 Å². The second-order valence-corrected chi connectivity index (χ2v) is 4.95. The summed E-state index contributed by atoms with van der Waals surface area (Å²) >= 11 is 0. The van der Waals surface area contributed by atoms with Gasteiger partial charge in [-0.1, -0.05) is 20.3 Å². The fourth-order valence-corrected chi connectivity index (χ4v) is 2.31. The number of nitrogens with one attached hydrogen (secondary N) is 1. The van der Waals surface area contributed by atoms with Crippen LogP contribution in [0.2, 0.25) is 0 Å². The molecule has 0 amide bonds. The van der Waals surface area contributed by atoms with Crippen LogP contribution in [0, 0.1) is 0 Å². The van der Waals surface area contributed by atoms with Crippen LogP contribution in [0.25, 0.3) is 0 Å². The van der Waals surface area contributed by atoms with Crippen molar-refractivity contribution in [1.29, 1.82) is 0 Å². The van der Waals surface area contributed by atoms with E-state index in [1.54, 1.807) is 0 Å². The van der Waals surface area contributed by atoms with E-state index < -0.39 is 0 Å². The van der Waals surface area contributed by atoms with Crippen LogP contribution < -0.4 is 5.32 Å². The number of piperazine rings is 1. The summed E-state index contributed by atoms with van der Waals surface area (Å²) in [7, 11) is 0. The van der Waals surface area contributed by atoms with E-state index in [2.05, 4.69) is 29.0 Å². The van der Waals surface area contributed by atoms with Gasteiger partial charge in [-0.2, -0.15) is 0 Å². The number of rotatable bonds is 8. The van der Waals surface area contributed by atoms with Gasteiger partial charge in [0.25, 0.3) is 0 Å². The maximum Gasteiger partial charge on any atom is 0.0793 e. The van der Waals surface area contributed by atoms with Crippen molar-refractivity contribution in [1.82, 2.24) is 15.1 Å². The first-order valence-electron chi connectivity index (χ1n) is 7.09. The normalized spacial score (nSPS) is 19.8. The van der Waals surface area contributed by atoms with Gasteiger partial charge in [0.2, 0.25) is 0 Å². The van der Waals surface area contributed by atoms with Crippen molar-refractivity contribution in [3.05, 3.63) is 0 Å². The van der Waals surface area contributed by atoms with Crippen molar-refractivity contribution in [3.63, 3.8) is 0 Å². The molecule has 1 rings (SSSR count). The lowest BCUT2D eigenvalue weighted by Gasteiger charge is -2.31. The second kappa shape index (κ2) is 8.86. The predicted molar refractivity (Wildman–Crippen MR) is 72.3 cm³/mol. The Hall–Kier alpha value is -0.160. The molecular weight excluding hydrogens is 214 g/mol. The van der Waals surface area contributed by atoms with Crippen LogP contribution in [0.3, 0.4) is 0 Å². The summed E-state index contributed by atoms with van der Waals surface area (Å²) in [6, 6.07) is 0. The Labute approximate surface area is 106 Å². The number of aliphatic hydroxyl groups is 1. The molecule has 0 unspecified atom stereocenters. The Bertz CT molecular complexity index is 184. The zero-order valence-electron chi connectivity index (χ0n) is 11.5. The lowest BCUT2D eigenvalue weighted by molar-refractivity contribution is 0.0705. The number of hydrogen-bond donors (Lipinski definition) is 2. The molecule has 0 aromatic heterocycles. The molecule has 1 aliphatic rings. The molecule has 1 aliphatic heterocycles. The highest BCUT2D eigenvalue weighted by atomic mass is 16.3. The van der Waals surface area contributed by atoms with Crippen LogP contribution in [0.15, 0.2) is 0 Å². The molecule has 0 radical (unpaired) electrons. The van der Waals surface area contributed by atoms with E-state index in [-0.39, 0.29) is 6.10 Å². The van der Waals surface area contributed by atoms with E-state index in [9.17, 15) is 5.11 Å². The predicted octanol–water partition coefficient (Wildman–Crippen LogP) is 0.375. The van der Waals surface area contributed by atoms with E-state index >= 15 is 0 Å². The molecule has 0 aromatic rings. The molecule has 2 N–H and O–H groups in total. The van der Waals surface area contributed by atoms with Crippen LogP contribution >= 0.6 is 0 Å². The van der Waals surface area contributed by atoms with E-state index in [1.807, 2.05) is 0 Å². The zero-order valence-corrected chi connectivity index (χ0v) is 11.5. The van der Waals surface area contributed by atoms with Gasteiger partial charge in [0.1, 0.15) is 0 Å². The summed E-state index contributed by atoms with van der Waals surface area (Å²) in [5.74, 6) is 0. The van der Waals surface area contributed by atoms with Gasteiger partial charge in [-0.25, -0.2) is 0 Å². The highest BCUT2D eigenvalue weighted by Crippen LogP contribution is 2.00. The molecule has 0 aliphatic carbocycles. The van der Waals surface area contributed by atoms with Crippen molar-refractivity contribution in [2.24, 2.45) is 0 Å². The number of hydrogen-bond acceptors (Lipinski definition) is 4. The lowest BCUT2D eigenvalue weighted by Crippen LogP contribution is -2.48. The first-order valence-corrected chi connectivity index (χ1v) is 7.09. The third-order valence-electron chi connectivity index (χ3n) is 3.42. The van der Waals surface area contributed by atoms with Gasteiger partial charge < -0.3 is 15.3 Å². The van der Waals surface area contributed by atoms with Gasteiger partial charge in [0.15, 0.2) is 0 Å². The topological polar surface area (TPSA) is 38.7 Å². The minimum Gasteiger partial charge on any atom is -0.390 e. The van der Waals surface area contributed by atoms with E-state index in [4.69, 9.17) is 0 Å². The number of likely N-dealkylation sites (N-methyl/N-ethyl adjacent to an activating group) is 1. The Morgan fingerprint density at radius 2 is 2.00 bits per heavy atom. The average molecular weight is 243 g/mol. The molecule has 0 aromatic carbocycles. The van der Waals surface area contributed by atoms with Gasteiger partial charge in [0, 0.05) is 39.3 Å². The van der Waals surface area contributed by atoms with E-state index in [0.29, 0.717) is 0 Å². The number of aliphatic hydroxyl groups excluding tert-OH is 1. The lowest BCUT2D eigenvalue weighted by atomic mass is 10.2. The smallest absolute Gasteiger partial charge is 0.0793 e. The first kappa shape index (κ1) is 14.9. The Morgan fingerprint density at radius 3 is 2.59 bits per heavy atom. The SMILES string of the molecule is CCCCN(CC)C[C@@H](O)CN1CCNCC1. The van der Waals surface area contributed by atoms with Crippen LogP contribution in [-0.4, -0.2) is 73.4 Å². The van der Waals surface area contributed by atoms with Crippen LogP contribution in [0.4, 0.5) is 0 Å². The van der Waals surface area contributed by atoms with Crippen molar-refractivity contribution in [3.8, 4) is 0 Å². The minimum absolute atomic E-state index is 0.204. The third-order valence-corrected chi connectivity index (χ3v) is 3.42. The van der Waals surface area contributed by atoms with Crippen molar-refractivity contribution >= 4 is 0 Å². The molecule has 1 atom stereocenters. The second-order valence-electron chi connectivity index (χ2n) is 4.95. The highest BCUT2D eigenvalue weighted by molar-refractivity contribution is 4.73. The Balaban J connectivity index is 2.18. The van der Waals surface area contributed by atoms with E-state index in [1.165, 1.54) is 12.8 Å². The van der Waals surface area contributed by atoms with Crippen molar-refractivity contribution in [2.45, 2.75) is 32.8 Å². The third kappa shape index (κ3) is 6.36. The summed E-state index contributed by atoms with van der Waals surface area (Å²) in [6.07, 6.45) is 2.25. The maximum absolute atomic E-state index is 10.1.